The maximum Gasteiger partial charge on any atom is 0.508 e. The van der Waals surface area contributed by atoms with Crippen molar-refractivity contribution in [3.05, 3.63) is 35.9 Å². The zero-order chi connectivity index (χ0) is 29.3. The molecule has 0 amide bonds. The molecular weight excluding hydrogens is 555 g/mol. The molecule has 216 valence electrons. The van der Waals surface area contributed by atoms with Gasteiger partial charge in [0.1, 0.15) is 24.1 Å². The molecule has 0 fully saturated rings. The zero-order valence-corrected chi connectivity index (χ0v) is 25.8. The summed E-state index contributed by atoms with van der Waals surface area (Å²) >= 11 is 17.0. The summed E-state index contributed by atoms with van der Waals surface area (Å²) in [6.45, 7) is 14.3. The Morgan fingerprint density at radius 1 is 0.921 bits per heavy atom. The van der Waals surface area contributed by atoms with E-state index in [0.29, 0.717) is 6.61 Å². The van der Waals surface area contributed by atoms with Crippen molar-refractivity contribution in [3.8, 4) is 0 Å². The van der Waals surface area contributed by atoms with E-state index >= 15 is 0 Å². The van der Waals surface area contributed by atoms with Gasteiger partial charge in [0.2, 0.25) is 3.79 Å². The highest BCUT2D eigenvalue weighted by Gasteiger charge is 2.43. The van der Waals surface area contributed by atoms with Crippen LogP contribution in [0.4, 0.5) is 4.79 Å². The lowest BCUT2D eigenvalue weighted by molar-refractivity contribution is -0.157. The maximum absolute atomic E-state index is 13.7. The number of halogens is 3. The van der Waals surface area contributed by atoms with Crippen LogP contribution in [0.2, 0.25) is 0 Å². The number of Topliss-reactive ketones (excluding diaryl/α,β-unsaturated/α-hetero) is 1. The van der Waals surface area contributed by atoms with Gasteiger partial charge in [0.15, 0.2) is 0 Å². The maximum atomic E-state index is 13.7. The Labute approximate surface area is 241 Å². The van der Waals surface area contributed by atoms with Gasteiger partial charge in [0.25, 0.3) is 0 Å². The molecule has 0 heterocycles. The van der Waals surface area contributed by atoms with Crippen molar-refractivity contribution in [2.45, 2.75) is 83.9 Å². The Kier molecular flexibility index (Phi) is 13.4. The predicted molar refractivity (Wildman–Crippen MR) is 149 cm³/mol. The Bertz CT molecular complexity index is 907. The normalized spacial score (nSPS) is 15.7. The number of esters is 1. The fourth-order valence-electron chi connectivity index (χ4n) is 3.90. The van der Waals surface area contributed by atoms with Crippen molar-refractivity contribution in [1.29, 1.82) is 0 Å². The molecule has 0 N–H and O–H groups in total. The van der Waals surface area contributed by atoms with Gasteiger partial charge >= 0.3 is 12.1 Å². The Balaban J connectivity index is 3.01. The molecule has 0 aliphatic heterocycles. The van der Waals surface area contributed by atoms with Crippen LogP contribution in [0.15, 0.2) is 30.3 Å². The highest BCUT2D eigenvalue weighted by molar-refractivity contribution is 6.67. The highest BCUT2D eigenvalue weighted by Crippen LogP contribution is 2.36. The van der Waals surface area contributed by atoms with E-state index in [-0.39, 0.29) is 36.6 Å². The summed E-state index contributed by atoms with van der Waals surface area (Å²) in [7, 11) is 0. The number of carbonyl (C=O) groups is 3. The van der Waals surface area contributed by atoms with E-state index in [2.05, 4.69) is 0 Å². The van der Waals surface area contributed by atoms with Gasteiger partial charge in [0, 0.05) is 17.8 Å². The molecule has 0 aliphatic carbocycles. The van der Waals surface area contributed by atoms with Crippen LogP contribution in [0.5, 0.6) is 0 Å². The topological polar surface area (TPSA) is 88.1 Å². The van der Waals surface area contributed by atoms with Crippen molar-refractivity contribution in [3.63, 3.8) is 0 Å². The first kappa shape index (κ1) is 34.5. The van der Waals surface area contributed by atoms with Gasteiger partial charge in [-0.15, -0.1) is 0 Å². The molecule has 0 radical (unpaired) electrons. The molecule has 0 saturated heterocycles. The minimum absolute atomic E-state index is 0.0648. The average molecular weight is 596 g/mol. The van der Waals surface area contributed by atoms with Crippen LogP contribution in [0.25, 0.3) is 0 Å². The van der Waals surface area contributed by atoms with Crippen LogP contribution < -0.4 is 0 Å². The summed E-state index contributed by atoms with van der Waals surface area (Å²) in [5.41, 5.74) is -0.566. The fraction of sp³-hybridized carbons (Fsp3) is 0.679. The Hall–Kier alpha value is -1.54. The molecule has 4 unspecified atom stereocenters. The predicted octanol–water partition coefficient (Wildman–Crippen LogP) is 7.33. The lowest BCUT2D eigenvalue weighted by Crippen LogP contribution is -2.45. The smallest absolute Gasteiger partial charge is 0.460 e. The van der Waals surface area contributed by atoms with Crippen LogP contribution in [0, 0.1) is 23.2 Å². The Morgan fingerprint density at radius 3 is 2.03 bits per heavy atom. The van der Waals surface area contributed by atoms with Crippen LogP contribution in [-0.4, -0.2) is 46.6 Å². The highest BCUT2D eigenvalue weighted by atomic mass is 35.6. The molecule has 0 spiro atoms. The fourth-order valence-corrected chi connectivity index (χ4v) is 4.06. The SMILES string of the molecule is CC(COCc1ccccc1)C(OC(=O)OCC(Cl)(Cl)Cl)C(C)C(=O)C(C)(C)C(C)CC(=O)OC(C)(C)C. The van der Waals surface area contributed by atoms with Crippen LogP contribution >= 0.6 is 34.8 Å². The number of carbonyl (C=O) groups excluding carboxylic acids is 3. The average Bonchev–Trinajstić information content (AvgIpc) is 2.79. The van der Waals surface area contributed by atoms with E-state index in [4.69, 9.17) is 53.8 Å². The first-order valence-corrected chi connectivity index (χ1v) is 13.7. The van der Waals surface area contributed by atoms with Crippen LogP contribution in [-0.2, 0) is 35.1 Å². The number of hydrogen-bond acceptors (Lipinski definition) is 7. The first-order valence-electron chi connectivity index (χ1n) is 12.6. The van der Waals surface area contributed by atoms with Gasteiger partial charge in [-0.3, -0.25) is 9.59 Å². The molecule has 1 aromatic rings. The lowest BCUT2D eigenvalue weighted by Gasteiger charge is -2.36. The molecule has 1 aromatic carbocycles. The summed E-state index contributed by atoms with van der Waals surface area (Å²) in [6.07, 6.45) is -1.89. The molecule has 0 saturated carbocycles. The number of benzene rings is 1. The summed E-state index contributed by atoms with van der Waals surface area (Å²) in [5, 5.41) is 0. The van der Waals surface area contributed by atoms with E-state index in [1.54, 1.807) is 41.5 Å². The third-order valence-corrected chi connectivity index (χ3v) is 6.63. The third kappa shape index (κ3) is 12.5. The second-order valence-electron chi connectivity index (χ2n) is 11.3. The minimum atomic E-state index is -1.81. The van der Waals surface area contributed by atoms with Crippen molar-refractivity contribution < 1.29 is 33.3 Å². The first-order chi connectivity index (χ1) is 17.3. The number of hydrogen-bond donors (Lipinski definition) is 0. The van der Waals surface area contributed by atoms with Crippen molar-refractivity contribution in [1.82, 2.24) is 0 Å². The molecular formula is C28H41Cl3O7. The van der Waals surface area contributed by atoms with Crippen molar-refractivity contribution in [2.24, 2.45) is 23.2 Å². The number of ether oxygens (including phenoxy) is 4. The van der Waals surface area contributed by atoms with Gasteiger partial charge in [-0.1, -0.05) is 99.8 Å². The van der Waals surface area contributed by atoms with Gasteiger partial charge in [-0.2, -0.15) is 0 Å². The Morgan fingerprint density at radius 2 is 1.50 bits per heavy atom. The zero-order valence-electron chi connectivity index (χ0n) is 23.5. The van der Waals surface area contributed by atoms with Crippen molar-refractivity contribution >= 4 is 52.7 Å². The summed E-state index contributed by atoms with van der Waals surface area (Å²) in [5.74, 6) is -2.03. The second kappa shape index (κ2) is 14.7. The van der Waals surface area contributed by atoms with E-state index < -0.39 is 39.6 Å². The number of rotatable bonds is 13. The minimum Gasteiger partial charge on any atom is -0.460 e. The molecule has 7 nitrogen and oxygen atoms in total. The molecule has 0 aliphatic rings. The summed E-state index contributed by atoms with van der Waals surface area (Å²) < 4.78 is 20.0. The van der Waals surface area contributed by atoms with Gasteiger partial charge in [-0.05, 0) is 32.3 Å². The quantitative estimate of drug-likeness (QED) is 0.174. The largest absolute Gasteiger partial charge is 0.508 e. The van der Waals surface area contributed by atoms with E-state index in [1.807, 2.05) is 44.2 Å². The van der Waals surface area contributed by atoms with E-state index in [1.165, 1.54) is 0 Å². The number of alkyl halides is 3. The van der Waals surface area contributed by atoms with Crippen LogP contribution in [0.1, 0.15) is 67.4 Å². The van der Waals surface area contributed by atoms with Crippen molar-refractivity contribution in [2.75, 3.05) is 13.2 Å². The molecule has 10 heteroatoms. The molecule has 0 aromatic heterocycles. The molecule has 0 bridgehead atoms. The van der Waals surface area contributed by atoms with Gasteiger partial charge < -0.3 is 18.9 Å². The number of ketones is 1. The molecule has 4 atom stereocenters. The van der Waals surface area contributed by atoms with E-state index in [0.717, 1.165) is 5.56 Å². The third-order valence-electron chi connectivity index (χ3n) is 6.31. The second-order valence-corrected chi connectivity index (χ2v) is 13.8. The monoisotopic (exact) mass is 594 g/mol. The van der Waals surface area contributed by atoms with Gasteiger partial charge in [-0.25, -0.2) is 4.79 Å². The standard InChI is InChI=1S/C28H41Cl3O7/c1-18(15-35-16-21-12-10-9-11-13-21)23(37-25(34)36-17-28(29,30)31)20(3)24(33)27(7,8)19(2)14-22(32)38-26(4,5)6/h9-13,18-20,23H,14-17H2,1-8H3. The van der Waals surface area contributed by atoms with E-state index in [9.17, 15) is 14.4 Å². The lowest BCUT2D eigenvalue weighted by atomic mass is 9.69. The molecule has 1 rings (SSSR count). The molecule has 38 heavy (non-hydrogen) atoms. The van der Waals surface area contributed by atoms with Crippen LogP contribution in [0.3, 0.4) is 0 Å². The summed E-state index contributed by atoms with van der Waals surface area (Å²) in [4.78, 5) is 38.6. The summed E-state index contributed by atoms with van der Waals surface area (Å²) in [6, 6.07) is 9.62. The van der Waals surface area contributed by atoms with Gasteiger partial charge in [0.05, 0.1) is 19.1 Å².